The van der Waals surface area contributed by atoms with Crippen molar-refractivity contribution in [2.24, 2.45) is 0 Å². The van der Waals surface area contributed by atoms with Crippen molar-refractivity contribution in [3.8, 4) is 0 Å². The third kappa shape index (κ3) is 4.62. The fourth-order valence-electron chi connectivity index (χ4n) is 1.99. The monoisotopic (exact) mass is 213 g/mol. The van der Waals surface area contributed by atoms with Crippen molar-refractivity contribution < 1.29 is 4.79 Å². The number of hydrogen-bond donors (Lipinski definition) is 2. The highest BCUT2D eigenvalue weighted by Crippen LogP contribution is 2.14. The van der Waals surface area contributed by atoms with Gasteiger partial charge < -0.3 is 15.5 Å². The minimum Gasteiger partial charge on any atom is -0.355 e. The van der Waals surface area contributed by atoms with E-state index in [1.807, 2.05) is 0 Å². The summed E-state index contributed by atoms with van der Waals surface area (Å²) in [5.41, 5.74) is 0. The topological polar surface area (TPSA) is 44.4 Å². The SMILES string of the molecule is CC(=O)NCCNC1CCN(C)C(C)C1. The highest BCUT2D eigenvalue weighted by Gasteiger charge is 2.21. The Morgan fingerprint density at radius 2 is 2.20 bits per heavy atom. The van der Waals surface area contributed by atoms with Gasteiger partial charge in [-0.1, -0.05) is 0 Å². The standard InChI is InChI=1S/C11H23N3O/c1-9-8-11(4-7-14(9)3)13-6-5-12-10(2)15/h9,11,13H,4-8H2,1-3H3,(H,12,15). The van der Waals surface area contributed by atoms with Crippen molar-refractivity contribution in [1.82, 2.24) is 15.5 Å². The van der Waals surface area contributed by atoms with E-state index < -0.39 is 0 Å². The number of amides is 1. The summed E-state index contributed by atoms with van der Waals surface area (Å²) < 4.78 is 0. The first-order valence-corrected chi connectivity index (χ1v) is 5.77. The quantitative estimate of drug-likeness (QED) is 0.656. The number of hydrogen-bond acceptors (Lipinski definition) is 3. The van der Waals surface area contributed by atoms with Crippen LogP contribution in [0.25, 0.3) is 0 Å². The van der Waals surface area contributed by atoms with Crippen LogP contribution in [0.4, 0.5) is 0 Å². The molecule has 0 saturated carbocycles. The van der Waals surface area contributed by atoms with Gasteiger partial charge in [-0.25, -0.2) is 0 Å². The van der Waals surface area contributed by atoms with E-state index in [4.69, 9.17) is 0 Å². The van der Waals surface area contributed by atoms with Gasteiger partial charge in [0.2, 0.25) is 5.91 Å². The molecule has 2 unspecified atom stereocenters. The molecule has 1 amide bonds. The Kier molecular flexibility index (Phi) is 5.05. The van der Waals surface area contributed by atoms with Gasteiger partial charge in [0, 0.05) is 32.1 Å². The lowest BCUT2D eigenvalue weighted by molar-refractivity contribution is -0.118. The Bertz CT molecular complexity index is 208. The fraction of sp³-hybridized carbons (Fsp3) is 0.909. The maximum Gasteiger partial charge on any atom is 0.216 e. The van der Waals surface area contributed by atoms with Gasteiger partial charge in [-0.3, -0.25) is 4.79 Å². The van der Waals surface area contributed by atoms with E-state index in [-0.39, 0.29) is 5.91 Å². The van der Waals surface area contributed by atoms with Gasteiger partial charge in [0.15, 0.2) is 0 Å². The Balaban J connectivity index is 2.09. The van der Waals surface area contributed by atoms with E-state index in [1.165, 1.54) is 19.4 Å². The van der Waals surface area contributed by atoms with Gasteiger partial charge in [0.1, 0.15) is 0 Å². The summed E-state index contributed by atoms with van der Waals surface area (Å²) in [6, 6.07) is 1.28. The van der Waals surface area contributed by atoms with Crippen LogP contribution in [0.1, 0.15) is 26.7 Å². The summed E-state index contributed by atoms with van der Waals surface area (Å²) >= 11 is 0. The van der Waals surface area contributed by atoms with E-state index >= 15 is 0 Å². The third-order valence-electron chi connectivity index (χ3n) is 3.14. The minimum absolute atomic E-state index is 0.0496. The van der Waals surface area contributed by atoms with Crippen LogP contribution in [0.2, 0.25) is 0 Å². The molecule has 1 aliphatic rings. The van der Waals surface area contributed by atoms with Crippen LogP contribution in [0.5, 0.6) is 0 Å². The molecule has 1 saturated heterocycles. The highest BCUT2D eigenvalue weighted by molar-refractivity contribution is 5.72. The van der Waals surface area contributed by atoms with Crippen molar-refractivity contribution in [2.75, 3.05) is 26.7 Å². The van der Waals surface area contributed by atoms with Crippen molar-refractivity contribution in [3.05, 3.63) is 0 Å². The van der Waals surface area contributed by atoms with Gasteiger partial charge in [-0.05, 0) is 33.4 Å². The number of piperidine rings is 1. The normalized spacial score (nSPS) is 27.7. The summed E-state index contributed by atoms with van der Waals surface area (Å²) in [5, 5.41) is 6.28. The molecule has 15 heavy (non-hydrogen) atoms. The van der Waals surface area contributed by atoms with Crippen LogP contribution in [0.15, 0.2) is 0 Å². The maximum absolute atomic E-state index is 10.6. The first-order chi connectivity index (χ1) is 7.09. The number of nitrogens with zero attached hydrogens (tertiary/aromatic N) is 1. The second-order valence-corrected chi connectivity index (χ2v) is 4.49. The van der Waals surface area contributed by atoms with Crippen LogP contribution in [0.3, 0.4) is 0 Å². The first kappa shape index (κ1) is 12.5. The summed E-state index contributed by atoms with van der Waals surface area (Å²) in [6.07, 6.45) is 2.41. The first-order valence-electron chi connectivity index (χ1n) is 5.77. The van der Waals surface area contributed by atoms with E-state index in [0.29, 0.717) is 12.1 Å². The molecule has 88 valence electrons. The molecule has 0 radical (unpaired) electrons. The van der Waals surface area contributed by atoms with Gasteiger partial charge in [0.05, 0.1) is 0 Å². The number of carbonyl (C=O) groups is 1. The molecule has 0 aromatic carbocycles. The zero-order valence-electron chi connectivity index (χ0n) is 10.0. The van der Waals surface area contributed by atoms with E-state index in [9.17, 15) is 4.79 Å². The van der Waals surface area contributed by atoms with Crippen molar-refractivity contribution in [1.29, 1.82) is 0 Å². The second kappa shape index (κ2) is 6.08. The lowest BCUT2D eigenvalue weighted by atomic mass is 9.99. The van der Waals surface area contributed by atoms with E-state index in [1.54, 1.807) is 6.92 Å². The summed E-state index contributed by atoms with van der Waals surface area (Å²) in [6.45, 7) is 6.59. The Hall–Kier alpha value is -0.610. The molecule has 1 rings (SSSR count). The molecule has 0 bridgehead atoms. The average molecular weight is 213 g/mol. The van der Waals surface area contributed by atoms with Gasteiger partial charge in [-0.15, -0.1) is 0 Å². The predicted octanol–water partition coefficient (Wildman–Crippen LogP) is 0.195. The molecule has 1 heterocycles. The molecule has 4 heteroatoms. The average Bonchev–Trinajstić information content (AvgIpc) is 2.18. The molecule has 2 atom stereocenters. The molecule has 0 aromatic rings. The molecule has 0 spiro atoms. The zero-order chi connectivity index (χ0) is 11.3. The van der Waals surface area contributed by atoms with E-state index in [2.05, 4.69) is 29.5 Å². The second-order valence-electron chi connectivity index (χ2n) is 4.49. The third-order valence-corrected chi connectivity index (χ3v) is 3.14. The van der Waals surface area contributed by atoms with Crippen LogP contribution < -0.4 is 10.6 Å². The van der Waals surface area contributed by atoms with Crippen LogP contribution in [0, 0.1) is 0 Å². The molecular formula is C11H23N3O. The highest BCUT2D eigenvalue weighted by atomic mass is 16.1. The minimum atomic E-state index is 0.0496. The number of rotatable bonds is 4. The zero-order valence-corrected chi connectivity index (χ0v) is 10.0. The van der Waals surface area contributed by atoms with Gasteiger partial charge in [-0.2, -0.15) is 0 Å². The van der Waals surface area contributed by atoms with Crippen molar-refractivity contribution in [2.45, 2.75) is 38.8 Å². The number of likely N-dealkylation sites (tertiary alicyclic amines) is 1. The number of carbonyl (C=O) groups excluding carboxylic acids is 1. The van der Waals surface area contributed by atoms with Crippen LogP contribution in [-0.4, -0.2) is 49.6 Å². The lowest BCUT2D eigenvalue weighted by Gasteiger charge is -2.35. The molecule has 2 N–H and O–H groups in total. The molecular weight excluding hydrogens is 190 g/mol. The predicted molar refractivity (Wildman–Crippen MR) is 61.8 cm³/mol. The molecule has 1 fully saturated rings. The van der Waals surface area contributed by atoms with Crippen LogP contribution in [-0.2, 0) is 4.79 Å². The molecule has 0 aliphatic carbocycles. The lowest BCUT2D eigenvalue weighted by Crippen LogP contribution is -2.47. The van der Waals surface area contributed by atoms with Gasteiger partial charge >= 0.3 is 0 Å². The molecule has 1 aliphatic heterocycles. The number of nitrogens with one attached hydrogen (secondary N) is 2. The summed E-state index contributed by atoms with van der Waals surface area (Å²) in [7, 11) is 2.18. The maximum atomic E-state index is 10.6. The van der Waals surface area contributed by atoms with E-state index in [0.717, 1.165) is 13.1 Å². The fourth-order valence-corrected chi connectivity index (χ4v) is 1.99. The molecule has 4 nitrogen and oxygen atoms in total. The van der Waals surface area contributed by atoms with Crippen molar-refractivity contribution in [3.63, 3.8) is 0 Å². The Morgan fingerprint density at radius 3 is 2.80 bits per heavy atom. The van der Waals surface area contributed by atoms with Crippen molar-refractivity contribution >= 4 is 5.91 Å². The summed E-state index contributed by atoms with van der Waals surface area (Å²) in [5.74, 6) is 0.0496. The largest absolute Gasteiger partial charge is 0.355 e. The smallest absolute Gasteiger partial charge is 0.216 e. The summed E-state index contributed by atoms with van der Waals surface area (Å²) in [4.78, 5) is 13.0. The molecule has 0 aromatic heterocycles. The van der Waals surface area contributed by atoms with Crippen LogP contribution >= 0.6 is 0 Å². The Morgan fingerprint density at radius 1 is 1.47 bits per heavy atom. The van der Waals surface area contributed by atoms with Gasteiger partial charge in [0.25, 0.3) is 0 Å². The Labute approximate surface area is 92.4 Å².